The summed E-state index contributed by atoms with van der Waals surface area (Å²) in [6.45, 7) is 4.21. The Kier molecular flexibility index (Phi) is 14.5. The lowest BCUT2D eigenvalue weighted by molar-refractivity contribution is -0.121. The first-order valence-corrected chi connectivity index (χ1v) is 8.97. The molecule has 2 nitrogen and oxygen atoms in total. The number of hydrogen-bond donors (Lipinski definition) is 1. The maximum absolute atomic E-state index is 10.9. The lowest BCUT2D eigenvalue weighted by Crippen LogP contribution is -2.20. The smallest absolute Gasteiger partial charge is 0.220 e. The molecular formula is C18H37NO. The monoisotopic (exact) mass is 283 g/mol. The van der Waals surface area contributed by atoms with Gasteiger partial charge in [-0.15, -0.1) is 0 Å². The number of hydrogen-bond acceptors (Lipinski definition) is 1. The van der Waals surface area contributed by atoms with Crippen molar-refractivity contribution >= 4 is 5.91 Å². The summed E-state index contributed by atoms with van der Waals surface area (Å²) in [5, 5.41) is 0. The Balaban J connectivity index is 3.04. The number of amides is 1. The van der Waals surface area contributed by atoms with Crippen LogP contribution in [0.15, 0.2) is 0 Å². The molecule has 0 saturated heterocycles. The van der Waals surface area contributed by atoms with E-state index in [-0.39, 0.29) is 11.8 Å². The molecule has 120 valence electrons. The first-order chi connectivity index (χ1) is 9.68. The Morgan fingerprint density at radius 3 is 1.45 bits per heavy atom. The Morgan fingerprint density at radius 2 is 1.10 bits per heavy atom. The highest BCUT2D eigenvalue weighted by Gasteiger charge is 2.06. The minimum Gasteiger partial charge on any atom is -0.369 e. The van der Waals surface area contributed by atoms with Crippen LogP contribution in [-0.4, -0.2) is 5.91 Å². The SMILES string of the molecule is CCCCCCCCCCCCCCCC(C)C(N)=O. The molecule has 0 heterocycles. The average Bonchev–Trinajstić information content (AvgIpc) is 2.43. The van der Waals surface area contributed by atoms with Gasteiger partial charge in [-0.25, -0.2) is 0 Å². The van der Waals surface area contributed by atoms with Gasteiger partial charge in [0.25, 0.3) is 0 Å². The Labute approximate surface area is 126 Å². The van der Waals surface area contributed by atoms with Gasteiger partial charge in [-0.1, -0.05) is 97.3 Å². The molecule has 0 aliphatic heterocycles. The van der Waals surface area contributed by atoms with Crippen LogP contribution in [0, 0.1) is 5.92 Å². The van der Waals surface area contributed by atoms with E-state index in [1.807, 2.05) is 6.92 Å². The van der Waals surface area contributed by atoms with E-state index in [1.54, 1.807) is 0 Å². The Morgan fingerprint density at radius 1 is 0.750 bits per heavy atom. The second kappa shape index (κ2) is 14.9. The molecule has 0 aromatic rings. The molecule has 0 fully saturated rings. The fourth-order valence-corrected chi connectivity index (χ4v) is 2.61. The minimum atomic E-state index is -0.149. The summed E-state index contributed by atoms with van der Waals surface area (Å²) in [6, 6.07) is 0. The normalized spacial score (nSPS) is 12.5. The van der Waals surface area contributed by atoms with Gasteiger partial charge in [-0.3, -0.25) is 4.79 Å². The summed E-state index contributed by atoms with van der Waals surface area (Å²) in [6.07, 6.45) is 18.8. The van der Waals surface area contributed by atoms with Crippen molar-refractivity contribution in [1.29, 1.82) is 0 Å². The van der Waals surface area contributed by atoms with Crippen molar-refractivity contribution in [3.8, 4) is 0 Å². The highest BCUT2D eigenvalue weighted by Crippen LogP contribution is 2.14. The van der Waals surface area contributed by atoms with E-state index in [0.29, 0.717) is 0 Å². The van der Waals surface area contributed by atoms with Crippen molar-refractivity contribution in [2.75, 3.05) is 0 Å². The molecule has 0 rings (SSSR count). The third-order valence-electron chi connectivity index (χ3n) is 4.23. The minimum absolute atomic E-state index is 0.0581. The first kappa shape index (κ1) is 19.5. The van der Waals surface area contributed by atoms with E-state index in [0.717, 1.165) is 12.8 Å². The van der Waals surface area contributed by atoms with Gasteiger partial charge >= 0.3 is 0 Å². The maximum atomic E-state index is 10.9. The molecule has 0 aromatic carbocycles. The molecule has 0 saturated carbocycles. The molecule has 0 aliphatic carbocycles. The van der Waals surface area contributed by atoms with Crippen LogP contribution in [-0.2, 0) is 4.79 Å². The van der Waals surface area contributed by atoms with E-state index >= 15 is 0 Å². The van der Waals surface area contributed by atoms with Gasteiger partial charge in [0, 0.05) is 5.92 Å². The molecule has 2 heteroatoms. The van der Waals surface area contributed by atoms with E-state index in [4.69, 9.17) is 5.73 Å². The quantitative estimate of drug-likeness (QED) is 0.391. The third-order valence-corrected chi connectivity index (χ3v) is 4.23. The Hall–Kier alpha value is -0.530. The predicted octanol–water partition coefficient (Wildman–Crippen LogP) is 5.59. The Bertz CT molecular complexity index is 215. The van der Waals surface area contributed by atoms with Gasteiger partial charge < -0.3 is 5.73 Å². The summed E-state index contributed by atoms with van der Waals surface area (Å²) in [4.78, 5) is 10.9. The molecule has 0 radical (unpaired) electrons. The second-order valence-electron chi connectivity index (χ2n) is 6.33. The molecule has 0 bridgehead atoms. The molecular weight excluding hydrogens is 246 g/mol. The van der Waals surface area contributed by atoms with Crippen LogP contribution in [0.2, 0.25) is 0 Å². The molecule has 1 amide bonds. The van der Waals surface area contributed by atoms with Crippen LogP contribution in [0.3, 0.4) is 0 Å². The second-order valence-corrected chi connectivity index (χ2v) is 6.33. The topological polar surface area (TPSA) is 43.1 Å². The van der Waals surface area contributed by atoms with Gasteiger partial charge in [-0.05, 0) is 6.42 Å². The highest BCUT2D eigenvalue weighted by molar-refractivity contribution is 5.76. The largest absolute Gasteiger partial charge is 0.369 e. The summed E-state index contributed by atoms with van der Waals surface area (Å²) in [7, 11) is 0. The van der Waals surface area contributed by atoms with Gasteiger partial charge in [0.2, 0.25) is 5.91 Å². The zero-order valence-electron chi connectivity index (χ0n) is 14.0. The lowest BCUT2D eigenvalue weighted by Gasteiger charge is -2.06. The number of nitrogens with two attached hydrogens (primary N) is 1. The van der Waals surface area contributed by atoms with Gasteiger partial charge in [0.15, 0.2) is 0 Å². The molecule has 1 atom stereocenters. The number of unbranched alkanes of at least 4 members (excludes halogenated alkanes) is 12. The van der Waals surface area contributed by atoms with Crippen molar-refractivity contribution in [3.05, 3.63) is 0 Å². The van der Waals surface area contributed by atoms with E-state index in [1.165, 1.54) is 77.0 Å². The first-order valence-electron chi connectivity index (χ1n) is 8.97. The van der Waals surface area contributed by atoms with Gasteiger partial charge in [0.05, 0.1) is 0 Å². The predicted molar refractivity (Wildman–Crippen MR) is 88.7 cm³/mol. The number of carbonyl (C=O) groups excluding carboxylic acids is 1. The van der Waals surface area contributed by atoms with E-state index < -0.39 is 0 Å². The van der Waals surface area contributed by atoms with Crippen LogP contribution in [0.1, 0.15) is 104 Å². The molecule has 0 spiro atoms. The fourth-order valence-electron chi connectivity index (χ4n) is 2.61. The van der Waals surface area contributed by atoms with Crippen molar-refractivity contribution < 1.29 is 4.79 Å². The van der Waals surface area contributed by atoms with Crippen LogP contribution in [0.4, 0.5) is 0 Å². The van der Waals surface area contributed by atoms with Crippen molar-refractivity contribution in [2.45, 2.75) is 104 Å². The summed E-state index contributed by atoms with van der Waals surface area (Å²) < 4.78 is 0. The highest BCUT2D eigenvalue weighted by atomic mass is 16.1. The fraction of sp³-hybridized carbons (Fsp3) is 0.944. The van der Waals surface area contributed by atoms with Crippen molar-refractivity contribution in [1.82, 2.24) is 0 Å². The zero-order valence-corrected chi connectivity index (χ0v) is 14.0. The van der Waals surface area contributed by atoms with Gasteiger partial charge in [0.1, 0.15) is 0 Å². The summed E-state index contributed by atoms with van der Waals surface area (Å²) in [5.41, 5.74) is 5.24. The standard InChI is InChI=1S/C18H37NO/c1-3-4-5-6-7-8-9-10-11-12-13-14-15-16-17(2)18(19)20/h17H,3-16H2,1-2H3,(H2,19,20). The molecule has 0 aromatic heterocycles. The van der Waals surface area contributed by atoms with E-state index in [2.05, 4.69) is 6.92 Å². The molecule has 2 N–H and O–H groups in total. The average molecular weight is 283 g/mol. The number of primary amides is 1. The summed E-state index contributed by atoms with van der Waals surface area (Å²) in [5.74, 6) is -0.0911. The summed E-state index contributed by atoms with van der Waals surface area (Å²) >= 11 is 0. The number of rotatable bonds is 15. The van der Waals surface area contributed by atoms with E-state index in [9.17, 15) is 4.79 Å². The lowest BCUT2D eigenvalue weighted by atomic mass is 10.0. The molecule has 20 heavy (non-hydrogen) atoms. The number of carbonyl (C=O) groups is 1. The van der Waals surface area contributed by atoms with Crippen molar-refractivity contribution in [2.24, 2.45) is 11.7 Å². The molecule has 1 unspecified atom stereocenters. The zero-order chi connectivity index (χ0) is 15.1. The van der Waals surface area contributed by atoms with Crippen LogP contribution in [0.5, 0.6) is 0 Å². The van der Waals surface area contributed by atoms with Gasteiger partial charge in [-0.2, -0.15) is 0 Å². The van der Waals surface area contributed by atoms with Crippen LogP contribution in [0.25, 0.3) is 0 Å². The van der Waals surface area contributed by atoms with Crippen molar-refractivity contribution in [3.63, 3.8) is 0 Å². The van der Waals surface area contributed by atoms with Crippen LogP contribution >= 0.6 is 0 Å². The maximum Gasteiger partial charge on any atom is 0.220 e. The van der Waals surface area contributed by atoms with Crippen LogP contribution < -0.4 is 5.73 Å². The third kappa shape index (κ3) is 13.9. The molecule has 0 aliphatic rings.